The van der Waals surface area contributed by atoms with Crippen LogP contribution >= 0.6 is 0 Å². The Labute approximate surface area is 126 Å². The molecule has 2 aromatic carbocycles. The lowest BCUT2D eigenvalue weighted by Gasteiger charge is -2.23. The lowest BCUT2D eigenvalue weighted by molar-refractivity contribution is 0.407. The first-order chi connectivity index (χ1) is 9.81. The van der Waals surface area contributed by atoms with E-state index < -0.39 is 0 Å². The zero-order valence-corrected chi connectivity index (χ0v) is 13.4. The maximum atomic E-state index is 6.04. The molecule has 2 aromatic rings. The van der Waals surface area contributed by atoms with Crippen LogP contribution in [0.25, 0.3) is 0 Å². The van der Waals surface area contributed by atoms with Crippen molar-refractivity contribution in [2.75, 3.05) is 12.8 Å². The summed E-state index contributed by atoms with van der Waals surface area (Å²) in [5, 5.41) is 0. The van der Waals surface area contributed by atoms with Gasteiger partial charge in [0.05, 0.1) is 12.8 Å². The molecule has 0 aliphatic carbocycles. The van der Waals surface area contributed by atoms with Gasteiger partial charge in [0.15, 0.2) is 0 Å². The Bertz CT molecular complexity index is 642. The highest BCUT2D eigenvalue weighted by Gasteiger charge is 2.20. The first-order valence-corrected chi connectivity index (χ1v) is 7.04. The molecule has 0 spiro atoms. The van der Waals surface area contributed by atoms with Gasteiger partial charge in [0.1, 0.15) is 17.2 Å². The van der Waals surface area contributed by atoms with Crippen molar-refractivity contribution in [1.29, 1.82) is 0 Å². The molecule has 3 heteroatoms. The highest BCUT2D eigenvalue weighted by molar-refractivity contribution is 5.57. The molecule has 0 amide bonds. The molecule has 0 saturated heterocycles. The molecule has 0 radical (unpaired) electrons. The Morgan fingerprint density at radius 2 is 1.62 bits per heavy atom. The fourth-order valence-corrected chi connectivity index (χ4v) is 2.19. The smallest absolute Gasteiger partial charge is 0.150 e. The average molecular weight is 285 g/mol. The van der Waals surface area contributed by atoms with Gasteiger partial charge in [0, 0.05) is 5.56 Å². The summed E-state index contributed by atoms with van der Waals surface area (Å²) in [6, 6.07) is 11.6. The molecular weight excluding hydrogens is 262 g/mol. The monoisotopic (exact) mass is 285 g/mol. The minimum Gasteiger partial charge on any atom is -0.497 e. The third-order valence-electron chi connectivity index (χ3n) is 3.38. The third kappa shape index (κ3) is 3.48. The number of rotatable bonds is 3. The Morgan fingerprint density at radius 3 is 2.19 bits per heavy atom. The molecule has 0 heterocycles. The van der Waals surface area contributed by atoms with Gasteiger partial charge >= 0.3 is 0 Å². The van der Waals surface area contributed by atoms with Crippen LogP contribution in [-0.2, 0) is 5.41 Å². The number of hydrogen-bond donors (Lipinski definition) is 1. The molecule has 0 bridgehead atoms. The summed E-state index contributed by atoms with van der Waals surface area (Å²) in [4.78, 5) is 0. The minimum absolute atomic E-state index is 0.0522. The van der Waals surface area contributed by atoms with Crippen molar-refractivity contribution < 1.29 is 9.47 Å². The van der Waals surface area contributed by atoms with Crippen molar-refractivity contribution in [3.63, 3.8) is 0 Å². The molecule has 3 nitrogen and oxygen atoms in total. The second-order valence-corrected chi connectivity index (χ2v) is 6.26. The largest absolute Gasteiger partial charge is 0.497 e. The number of methoxy groups -OCH3 is 1. The van der Waals surface area contributed by atoms with E-state index >= 15 is 0 Å². The van der Waals surface area contributed by atoms with Crippen molar-refractivity contribution in [2.45, 2.75) is 33.1 Å². The van der Waals surface area contributed by atoms with Crippen LogP contribution in [0.3, 0.4) is 0 Å². The molecular formula is C18H23NO2. The molecule has 2 N–H and O–H groups in total. The first kappa shape index (κ1) is 15.2. The lowest BCUT2D eigenvalue weighted by Crippen LogP contribution is -2.13. The van der Waals surface area contributed by atoms with Gasteiger partial charge in [-0.25, -0.2) is 0 Å². The minimum atomic E-state index is -0.0522. The number of hydrogen-bond acceptors (Lipinski definition) is 3. The van der Waals surface area contributed by atoms with Crippen LogP contribution in [0.15, 0.2) is 36.4 Å². The van der Waals surface area contributed by atoms with E-state index in [0.717, 1.165) is 22.6 Å². The van der Waals surface area contributed by atoms with Crippen molar-refractivity contribution in [2.24, 2.45) is 0 Å². The number of aryl methyl sites for hydroxylation is 1. The van der Waals surface area contributed by atoms with Gasteiger partial charge in [-0.2, -0.15) is 0 Å². The lowest BCUT2D eigenvalue weighted by atomic mass is 9.86. The summed E-state index contributed by atoms with van der Waals surface area (Å²) in [5.41, 5.74) is 8.83. The Balaban J connectivity index is 2.44. The normalized spacial score (nSPS) is 11.3. The number of anilines is 1. The van der Waals surface area contributed by atoms with Gasteiger partial charge < -0.3 is 15.2 Å². The Hall–Kier alpha value is -2.16. The van der Waals surface area contributed by atoms with Crippen LogP contribution in [0.4, 0.5) is 5.69 Å². The molecule has 0 fully saturated rings. The number of benzene rings is 2. The average Bonchev–Trinajstić information content (AvgIpc) is 2.41. The molecule has 2 rings (SSSR count). The zero-order chi connectivity index (χ0) is 15.6. The van der Waals surface area contributed by atoms with E-state index in [9.17, 15) is 0 Å². The van der Waals surface area contributed by atoms with Crippen LogP contribution in [-0.4, -0.2) is 7.11 Å². The molecule has 0 aliphatic heterocycles. The molecule has 0 aromatic heterocycles. The summed E-state index contributed by atoms with van der Waals surface area (Å²) in [6.07, 6.45) is 0. The SMILES string of the molecule is COc1ccc(Oc2ccc(C)cc2N)c(C(C)(C)C)c1. The van der Waals surface area contributed by atoms with Crippen LogP contribution in [0.1, 0.15) is 31.9 Å². The summed E-state index contributed by atoms with van der Waals surface area (Å²) in [5.74, 6) is 2.30. The molecule has 0 atom stereocenters. The fraction of sp³-hybridized carbons (Fsp3) is 0.333. The quantitative estimate of drug-likeness (QED) is 0.833. The van der Waals surface area contributed by atoms with Gasteiger partial charge in [-0.15, -0.1) is 0 Å². The predicted octanol–water partition coefficient (Wildman–Crippen LogP) is 4.68. The number of nitrogen functional groups attached to an aromatic ring is 1. The van der Waals surface area contributed by atoms with E-state index in [1.807, 2.05) is 43.3 Å². The van der Waals surface area contributed by atoms with Crippen LogP contribution in [0, 0.1) is 6.92 Å². The molecule has 0 saturated carbocycles. The van der Waals surface area contributed by atoms with Crippen molar-refractivity contribution >= 4 is 5.69 Å². The van der Waals surface area contributed by atoms with Crippen LogP contribution in [0.2, 0.25) is 0 Å². The topological polar surface area (TPSA) is 44.5 Å². The summed E-state index contributed by atoms with van der Waals surface area (Å²) >= 11 is 0. The van der Waals surface area contributed by atoms with Crippen molar-refractivity contribution in [3.8, 4) is 17.2 Å². The summed E-state index contributed by atoms with van der Waals surface area (Å²) in [7, 11) is 1.67. The van der Waals surface area contributed by atoms with Gasteiger partial charge in [-0.3, -0.25) is 0 Å². The number of ether oxygens (including phenoxy) is 2. The van der Waals surface area contributed by atoms with E-state index in [2.05, 4.69) is 20.8 Å². The predicted molar refractivity (Wildman–Crippen MR) is 87.4 cm³/mol. The molecule has 21 heavy (non-hydrogen) atoms. The van der Waals surface area contributed by atoms with Gasteiger partial charge in [-0.1, -0.05) is 26.8 Å². The Morgan fingerprint density at radius 1 is 0.952 bits per heavy atom. The highest BCUT2D eigenvalue weighted by Crippen LogP contribution is 2.38. The van der Waals surface area contributed by atoms with Gasteiger partial charge in [-0.05, 0) is 48.2 Å². The van der Waals surface area contributed by atoms with Gasteiger partial charge in [0.25, 0.3) is 0 Å². The zero-order valence-electron chi connectivity index (χ0n) is 13.4. The van der Waals surface area contributed by atoms with Gasteiger partial charge in [0.2, 0.25) is 0 Å². The summed E-state index contributed by atoms with van der Waals surface area (Å²) < 4.78 is 11.4. The standard InChI is InChI=1S/C18H23NO2/c1-12-6-8-17(15(19)10-12)21-16-9-7-13(20-5)11-14(16)18(2,3)4/h6-11H,19H2,1-5H3. The second-order valence-electron chi connectivity index (χ2n) is 6.26. The summed E-state index contributed by atoms with van der Waals surface area (Å²) in [6.45, 7) is 8.45. The van der Waals surface area contributed by atoms with Crippen LogP contribution < -0.4 is 15.2 Å². The van der Waals surface area contributed by atoms with Crippen LogP contribution in [0.5, 0.6) is 17.2 Å². The van der Waals surface area contributed by atoms with E-state index in [-0.39, 0.29) is 5.41 Å². The van der Waals surface area contributed by atoms with E-state index in [1.165, 1.54) is 0 Å². The molecule has 112 valence electrons. The molecule has 0 aliphatic rings. The van der Waals surface area contributed by atoms with E-state index in [0.29, 0.717) is 11.4 Å². The highest BCUT2D eigenvalue weighted by atomic mass is 16.5. The maximum absolute atomic E-state index is 6.04. The maximum Gasteiger partial charge on any atom is 0.150 e. The number of nitrogens with two attached hydrogens (primary N) is 1. The third-order valence-corrected chi connectivity index (χ3v) is 3.38. The van der Waals surface area contributed by atoms with Crippen molar-refractivity contribution in [1.82, 2.24) is 0 Å². The van der Waals surface area contributed by atoms with Crippen molar-refractivity contribution in [3.05, 3.63) is 47.5 Å². The second kappa shape index (κ2) is 5.68. The fourth-order valence-electron chi connectivity index (χ4n) is 2.19. The van der Waals surface area contributed by atoms with E-state index in [4.69, 9.17) is 15.2 Å². The molecule has 0 unspecified atom stereocenters. The Kier molecular flexibility index (Phi) is 4.12. The van der Waals surface area contributed by atoms with E-state index in [1.54, 1.807) is 7.11 Å². The first-order valence-electron chi connectivity index (χ1n) is 7.04.